The molecule has 20 heavy (non-hydrogen) atoms. The molecule has 0 radical (unpaired) electrons. The van der Waals surface area contributed by atoms with E-state index in [0.717, 1.165) is 12.5 Å². The Morgan fingerprint density at radius 3 is 2.80 bits per heavy atom. The van der Waals surface area contributed by atoms with Crippen LogP contribution in [0.2, 0.25) is 0 Å². The summed E-state index contributed by atoms with van der Waals surface area (Å²) in [6.07, 6.45) is 6.53. The highest BCUT2D eigenvalue weighted by molar-refractivity contribution is 5.37. The molecule has 2 fully saturated rings. The lowest BCUT2D eigenvalue weighted by atomic mass is 9.97. The molecule has 2 heterocycles. The molecule has 1 aromatic rings. The van der Waals surface area contributed by atoms with Gasteiger partial charge in [-0.05, 0) is 43.4 Å². The first-order chi connectivity index (χ1) is 9.83. The van der Waals surface area contributed by atoms with Crippen molar-refractivity contribution in [1.82, 2.24) is 10.2 Å². The van der Waals surface area contributed by atoms with E-state index in [4.69, 9.17) is 5.73 Å². The van der Waals surface area contributed by atoms with Crippen molar-refractivity contribution in [3.8, 4) is 0 Å². The molecule has 0 saturated carbocycles. The Morgan fingerprint density at radius 2 is 1.90 bits per heavy atom. The number of nitrogens with two attached hydrogens (primary N) is 1. The van der Waals surface area contributed by atoms with E-state index in [9.17, 15) is 0 Å². The summed E-state index contributed by atoms with van der Waals surface area (Å²) >= 11 is 0. The van der Waals surface area contributed by atoms with Crippen LogP contribution < -0.4 is 11.1 Å². The average molecular weight is 271 g/mol. The second-order valence-corrected chi connectivity index (χ2v) is 6.68. The molecule has 2 saturated heterocycles. The quantitative estimate of drug-likeness (QED) is 0.867. The van der Waals surface area contributed by atoms with Gasteiger partial charge in [0.15, 0.2) is 0 Å². The molecule has 3 heteroatoms. The molecule has 0 aromatic heterocycles. The first-order valence-corrected chi connectivity index (χ1v) is 8.17. The monoisotopic (exact) mass is 271 g/mol. The van der Waals surface area contributed by atoms with Gasteiger partial charge >= 0.3 is 0 Å². The summed E-state index contributed by atoms with van der Waals surface area (Å²) in [7, 11) is 0. The summed E-state index contributed by atoms with van der Waals surface area (Å²) in [6.45, 7) is 2.59. The van der Waals surface area contributed by atoms with Gasteiger partial charge in [0.05, 0.1) is 0 Å². The highest BCUT2D eigenvalue weighted by atomic mass is 15.2. The summed E-state index contributed by atoms with van der Waals surface area (Å²) in [5.74, 6) is 0. The van der Waals surface area contributed by atoms with E-state index in [2.05, 4.69) is 34.5 Å². The number of piperidine rings is 1. The van der Waals surface area contributed by atoms with Gasteiger partial charge in [-0.2, -0.15) is 0 Å². The van der Waals surface area contributed by atoms with Gasteiger partial charge < -0.3 is 11.1 Å². The van der Waals surface area contributed by atoms with Crippen molar-refractivity contribution in [2.24, 2.45) is 5.73 Å². The van der Waals surface area contributed by atoms with Crippen molar-refractivity contribution in [3.05, 3.63) is 35.4 Å². The van der Waals surface area contributed by atoms with Gasteiger partial charge in [0.25, 0.3) is 0 Å². The van der Waals surface area contributed by atoms with E-state index < -0.39 is 0 Å². The molecule has 0 amide bonds. The Bertz CT molecular complexity index is 487. The molecule has 4 rings (SSSR count). The Hall–Kier alpha value is -0.900. The lowest BCUT2D eigenvalue weighted by molar-refractivity contribution is 0.176. The number of hydrogen-bond acceptors (Lipinski definition) is 3. The molecular formula is C17H25N3. The van der Waals surface area contributed by atoms with E-state index in [1.54, 1.807) is 0 Å². The third-order valence-corrected chi connectivity index (χ3v) is 5.53. The van der Waals surface area contributed by atoms with Crippen molar-refractivity contribution >= 4 is 0 Å². The maximum absolute atomic E-state index is 6.29. The molecule has 4 unspecified atom stereocenters. The van der Waals surface area contributed by atoms with Crippen LogP contribution in [0.3, 0.4) is 0 Å². The molecule has 3 N–H and O–H groups in total. The second kappa shape index (κ2) is 5.14. The largest absolute Gasteiger partial charge is 0.324 e. The summed E-state index contributed by atoms with van der Waals surface area (Å²) in [6, 6.07) is 10.8. The van der Waals surface area contributed by atoms with Gasteiger partial charge in [0.2, 0.25) is 0 Å². The lowest BCUT2D eigenvalue weighted by Crippen LogP contribution is -2.45. The van der Waals surface area contributed by atoms with Crippen LogP contribution in [0.4, 0.5) is 0 Å². The predicted molar refractivity (Wildman–Crippen MR) is 81.5 cm³/mol. The molecule has 4 atom stereocenters. The Kier molecular flexibility index (Phi) is 3.29. The van der Waals surface area contributed by atoms with E-state index in [1.807, 2.05) is 0 Å². The van der Waals surface area contributed by atoms with E-state index >= 15 is 0 Å². The van der Waals surface area contributed by atoms with Gasteiger partial charge in [0, 0.05) is 30.7 Å². The van der Waals surface area contributed by atoms with Crippen LogP contribution >= 0.6 is 0 Å². The van der Waals surface area contributed by atoms with Crippen molar-refractivity contribution < 1.29 is 0 Å². The second-order valence-electron chi connectivity index (χ2n) is 6.68. The summed E-state index contributed by atoms with van der Waals surface area (Å²) in [5, 5.41) is 3.94. The van der Waals surface area contributed by atoms with Crippen molar-refractivity contribution in [2.45, 2.75) is 56.3 Å². The first-order valence-electron chi connectivity index (χ1n) is 8.17. The van der Waals surface area contributed by atoms with Gasteiger partial charge in [-0.25, -0.2) is 0 Å². The number of fused-ring (bicyclic) bond motifs is 2. The Labute approximate surface area is 121 Å². The molecule has 108 valence electrons. The first kappa shape index (κ1) is 12.8. The molecule has 3 aliphatic rings. The summed E-state index contributed by atoms with van der Waals surface area (Å²) < 4.78 is 0. The zero-order valence-electron chi connectivity index (χ0n) is 12.1. The standard InChI is InChI=1S/C17H25N3/c18-14-11-16(13-6-2-1-5-12(13)14)19-15-8-10-20-9-4-3-7-17(15)20/h1-2,5-6,14-17,19H,3-4,7-11,18H2. The smallest absolute Gasteiger partial charge is 0.0344 e. The van der Waals surface area contributed by atoms with E-state index in [0.29, 0.717) is 12.1 Å². The van der Waals surface area contributed by atoms with Crippen molar-refractivity contribution in [3.63, 3.8) is 0 Å². The average Bonchev–Trinajstić information content (AvgIpc) is 3.03. The molecule has 0 bridgehead atoms. The maximum atomic E-state index is 6.29. The van der Waals surface area contributed by atoms with Crippen LogP contribution in [-0.2, 0) is 0 Å². The molecule has 1 aromatic carbocycles. The van der Waals surface area contributed by atoms with Crippen LogP contribution in [-0.4, -0.2) is 30.1 Å². The van der Waals surface area contributed by atoms with Crippen LogP contribution in [0.5, 0.6) is 0 Å². The summed E-state index contributed by atoms with van der Waals surface area (Å²) in [4.78, 5) is 2.70. The number of benzene rings is 1. The third kappa shape index (κ3) is 2.09. The van der Waals surface area contributed by atoms with Crippen LogP contribution in [0.15, 0.2) is 24.3 Å². The van der Waals surface area contributed by atoms with E-state index in [-0.39, 0.29) is 6.04 Å². The topological polar surface area (TPSA) is 41.3 Å². The van der Waals surface area contributed by atoms with Gasteiger partial charge in [-0.3, -0.25) is 4.90 Å². The van der Waals surface area contributed by atoms with Crippen LogP contribution in [0.1, 0.15) is 55.3 Å². The zero-order chi connectivity index (χ0) is 13.5. The minimum absolute atomic E-state index is 0.215. The fourth-order valence-electron chi connectivity index (χ4n) is 4.53. The molecule has 0 spiro atoms. The highest BCUT2D eigenvalue weighted by Crippen LogP contribution is 2.38. The normalized spacial score (nSPS) is 36.9. The highest BCUT2D eigenvalue weighted by Gasteiger charge is 2.38. The minimum atomic E-state index is 0.215. The zero-order valence-corrected chi connectivity index (χ0v) is 12.1. The number of nitrogens with zero attached hydrogens (tertiary/aromatic N) is 1. The number of hydrogen-bond donors (Lipinski definition) is 2. The fourth-order valence-corrected chi connectivity index (χ4v) is 4.53. The molecule has 1 aliphatic carbocycles. The Balaban J connectivity index is 1.50. The van der Waals surface area contributed by atoms with Crippen molar-refractivity contribution in [1.29, 1.82) is 0 Å². The van der Waals surface area contributed by atoms with Gasteiger partial charge in [-0.1, -0.05) is 30.7 Å². The van der Waals surface area contributed by atoms with Crippen LogP contribution in [0, 0.1) is 0 Å². The van der Waals surface area contributed by atoms with Gasteiger partial charge in [-0.15, -0.1) is 0 Å². The molecular weight excluding hydrogens is 246 g/mol. The molecule has 2 aliphatic heterocycles. The lowest BCUT2D eigenvalue weighted by Gasteiger charge is -2.34. The molecule has 3 nitrogen and oxygen atoms in total. The fraction of sp³-hybridized carbons (Fsp3) is 0.647. The summed E-state index contributed by atoms with van der Waals surface area (Å²) in [5.41, 5.74) is 9.08. The minimum Gasteiger partial charge on any atom is -0.324 e. The predicted octanol–water partition coefficient (Wildman–Crippen LogP) is 2.35. The number of rotatable bonds is 2. The maximum Gasteiger partial charge on any atom is 0.0344 e. The number of nitrogens with one attached hydrogen (secondary N) is 1. The third-order valence-electron chi connectivity index (χ3n) is 5.53. The Morgan fingerprint density at radius 1 is 1.05 bits per heavy atom. The SMILES string of the molecule is NC1CC(NC2CCN3CCCCC23)c2ccccc21. The van der Waals surface area contributed by atoms with Gasteiger partial charge in [0.1, 0.15) is 0 Å². The van der Waals surface area contributed by atoms with Crippen LogP contribution in [0.25, 0.3) is 0 Å². The van der Waals surface area contributed by atoms with E-state index in [1.165, 1.54) is 49.9 Å². The van der Waals surface area contributed by atoms with Crippen molar-refractivity contribution in [2.75, 3.05) is 13.1 Å².